The lowest BCUT2D eigenvalue weighted by molar-refractivity contribution is -0.00469. The van der Waals surface area contributed by atoms with Crippen LogP contribution in [0.3, 0.4) is 0 Å². The molecule has 1 aliphatic rings. The Kier molecular flexibility index (Phi) is 6.01. The highest BCUT2D eigenvalue weighted by molar-refractivity contribution is 7.99. The van der Waals surface area contributed by atoms with Crippen molar-refractivity contribution in [1.29, 1.82) is 0 Å². The average molecular weight is 313 g/mol. The second kappa shape index (κ2) is 7.56. The number of rotatable bonds is 8. The summed E-state index contributed by atoms with van der Waals surface area (Å²) in [5.74, 6) is 1.58. The zero-order valence-electron chi connectivity index (χ0n) is 13.5. The van der Waals surface area contributed by atoms with Crippen molar-refractivity contribution >= 4 is 11.8 Å². The molecule has 1 N–H and O–H groups in total. The highest BCUT2D eigenvalue weighted by Crippen LogP contribution is 2.32. The third kappa shape index (κ3) is 5.56. The molecule has 0 amide bonds. The zero-order chi connectivity index (χ0) is 15.3. The summed E-state index contributed by atoms with van der Waals surface area (Å²) in [6.45, 7) is 11.4. The summed E-state index contributed by atoms with van der Waals surface area (Å²) in [6.07, 6.45) is 2.56. The van der Waals surface area contributed by atoms with Gasteiger partial charge >= 0.3 is 0 Å². The van der Waals surface area contributed by atoms with Crippen molar-refractivity contribution in [2.45, 2.75) is 63.9 Å². The number of aromatic nitrogens is 4. The van der Waals surface area contributed by atoms with Gasteiger partial charge in [-0.3, -0.25) is 0 Å². The molecule has 120 valence electrons. The molecule has 21 heavy (non-hydrogen) atoms. The van der Waals surface area contributed by atoms with Gasteiger partial charge in [0.25, 0.3) is 0 Å². The van der Waals surface area contributed by atoms with E-state index in [2.05, 4.69) is 48.5 Å². The smallest absolute Gasteiger partial charge is 0.209 e. The second-order valence-corrected chi connectivity index (χ2v) is 7.62. The molecular formula is C14H27N5OS. The monoisotopic (exact) mass is 313 g/mol. The third-order valence-corrected chi connectivity index (χ3v) is 4.59. The van der Waals surface area contributed by atoms with E-state index >= 15 is 0 Å². The predicted molar refractivity (Wildman–Crippen MR) is 84.4 cm³/mol. The Morgan fingerprint density at radius 1 is 1.48 bits per heavy atom. The summed E-state index contributed by atoms with van der Waals surface area (Å²) in [4.78, 5) is 0. The summed E-state index contributed by atoms with van der Waals surface area (Å²) in [5.41, 5.74) is 0.0257. The molecule has 2 rings (SSSR count). The second-order valence-electron chi connectivity index (χ2n) is 6.63. The third-order valence-electron chi connectivity index (χ3n) is 3.50. The Balaban J connectivity index is 1.73. The summed E-state index contributed by atoms with van der Waals surface area (Å²) in [5, 5.41) is 16.2. The molecule has 0 aliphatic carbocycles. The first-order valence-corrected chi connectivity index (χ1v) is 8.72. The molecule has 0 spiro atoms. The zero-order valence-corrected chi connectivity index (χ0v) is 14.3. The van der Waals surface area contributed by atoms with Crippen LogP contribution in [0.4, 0.5) is 0 Å². The normalized spacial score (nSPS) is 21.3. The van der Waals surface area contributed by atoms with Gasteiger partial charge in [-0.05, 0) is 49.6 Å². The lowest BCUT2D eigenvalue weighted by Crippen LogP contribution is -2.25. The highest BCUT2D eigenvalue weighted by atomic mass is 32.2. The fourth-order valence-corrected chi connectivity index (χ4v) is 3.32. The Labute approximate surface area is 131 Å². The Bertz CT molecular complexity index is 435. The van der Waals surface area contributed by atoms with Crippen molar-refractivity contribution in [2.24, 2.45) is 5.92 Å². The van der Waals surface area contributed by atoms with Crippen molar-refractivity contribution in [2.75, 3.05) is 18.8 Å². The minimum Gasteiger partial charge on any atom is -0.371 e. The molecule has 1 aromatic heterocycles. The topological polar surface area (TPSA) is 64.9 Å². The maximum absolute atomic E-state index is 6.00. The molecule has 1 saturated heterocycles. The molecule has 1 atom stereocenters. The highest BCUT2D eigenvalue weighted by Gasteiger charge is 2.31. The molecule has 1 aromatic rings. The summed E-state index contributed by atoms with van der Waals surface area (Å²) in [7, 11) is 0. The lowest BCUT2D eigenvalue weighted by Gasteiger charge is -2.18. The van der Waals surface area contributed by atoms with Crippen molar-refractivity contribution in [3.63, 3.8) is 0 Å². The number of nitrogens with one attached hydrogen (secondary N) is 1. The predicted octanol–water partition coefficient (Wildman–Crippen LogP) is 1.97. The van der Waals surface area contributed by atoms with E-state index in [0.717, 1.165) is 43.4 Å². The first-order valence-electron chi connectivity index (χ1n) is 7.74. The van der Waals surface area contributed by atoms with Gasteiger partial charge < -0.3 is 10.1 Å². The van der Waals surface area contributed by atoms with E-state index in [-0.39, 0.29) is 5.60 Å². The molecular weight excluding hydrogens is 286 g/mol. The van der Waals surface area contributed by atoms with Crippen molar-refractivity contribution in [3.05, 3.63) is 0 Å². The van der Waals surface area contributed by atoms with Gasteiger partial charge in [0.05, 0.1) is 18.2 Å². The van der Waals surface area contributed by atoms with E-state index in [1.165, 1.54) is 0 Å². The number of thioether (sulfide) groups is 1. The minimum atomic E-state index is 0.0257. The molecule has 6 nitrogen and oxygen atoms in total. The van der Waals surface area contributed by atoms with Crippen LogP contribution < -0.4 is 5.32 Å². The summed E-state index contributed by atoms with van der Waals surface area (Å²) < 4.78 is 7.87. The van der Waals surface area contributed by atoms with Crippen LogP contribution in [0.2, 0.25) is 0 Å². The molecule has 2 heterocycles. The molecule has 0 radical (unpaired) electrons. The van der Waals surface area contributed by atoms with Gasteiger partial charge in [0.1, 0.15) is 0 Å². The van der Waals surface area contributed by atoms with Crippen LogP contribution >= 0.6 is 11.8 Å². The van der Waals surface area contributed by atoms with Gasteiger partial charge in [0.2, 0.25) is 5.16 Å². The van der Waals surface area contributed by atoms with Crippen molar-refractivity contribution < 1.29 is 4.74 Å². The van der Waals surface area contributed by atoms with Crippen LogP contribution in [0.1, 0.15) is 40.5 Å². The molecule has 7 heteroatoms. The molecule has 0 saturated carbocycles. The Morgan fingerprint density at radius 2 is 2.29 bits per heavy atom. The standard InChI is InChI=1S/C14H27N5OS/c1-11(2)9-15-7-8-19-13(16-17-18-19)21-10-12-5-6-14(3,4)20-12/h11-12,15H,5-10H2,1-4H3. The van der Waals surface area contributed by atoms with Crippen LogP contribution in [0.25, 0.3) is 0 Å². The molecule has 1 unspecified atom stereocenters. The van der Waals surface area contributed by atoms with E-state index in [1.807, 2.05) is 4.68 Å². The fourth-order valence-electron chi connectivity index (χ4n) is 2.38. The summed E-state index contributed by atoms with van der Waals surface area (Å²) >= 11 is 1.69. The number of hydrogen-bond acceptors (Lipinski definition) is 6. The van der Waals surface area contributed by atoms with Gasteiger partial charge in [-0.2, -0.15) is 0 Å². The Hall–Kier alpha value is -0.660. The quantitative estimate of drug-likeness (QED) is 0.585. The number of ether oxygens (including phenoxy) is 1. The van der Waals surface area contributed by atoms with Crippen LogP contribution in [0.15, 0.2) is 5.16 Å². The van der Waals surface area contributed by atoms with E-state index in [1.54, 1.807) is 11.8 Å². The molecule has 1 aliphatic heterocycles. The van der Waals surface area contributed by atoms with Gasteiger partial charge in [0, 0.05) is 12.3 Å². The van der Waals surface area contributed by atoms with Gasteiger partial charge in [0.15, 0.2) is 0 Å². The van der Waals surface area contributed by atoms with Crippen molar-refractivity contribution in [1.82, 2.24) is 25.5 Å². The minimum absolute atomic E-state index is 0.0257. The molecule has 0 aromatic carbocycles. The largest absolute Gasteiger partial charge is 0.371 e. The lowest BCUT2D eigenvalue weighted by atomic mass is 10.1. The van der Waals surface area contributed by atoms with Crippen molar-refractivity contribution in [3.8, 4) is 0 Å². The number of tetrazole rings is 1. The van der Waals surface area contributed by atoms with E-state index in [0.29, 0.717) is 12.0 Å². The maximum Gasteiger partial charge on any atom is 0.209 e. The molecule has 0 bridgehead atoms. The van der Waals surface area contributed by atoms with Crippen LogP contribution in [0, 0.1) is 5.92 Å². The van der Waals surface area contributed by atoms with E-state index in [4.69, 9.17) is 4.74 Å². The van der Waals surface area contributed by atoms with Crippen LogP contribution in [0.5, 0.6) is 0 Å². The SMILES string of the molecule is CC(C)CNCCn1nnnc1SCC1CCC(C)(C)O1. The van der Waals surface area contributed by atoms with Crippen LogP contribution in [-0.2, 0) is 11.3 Å². The van der Waals surface area contributed by atoms with Gasteiger partial charge in [-0.25, -0.2) is 4.68 Å². The van der Waals surface area contributed by atoms with Gasteiger partial charge in [-0.1, -0.05) is 25.6 Å². The maximum atomic E-state index is 6.00. The first-order chi connectivity index (χ1) is 9.96. The number of hydrogen-bond donors (Lipinski definition) is 1. The summed E-state index contributed by atoms with van der Waals surface area (Å²) in [6, 6.07) is 0. The van der Waals surface area contributed by atoms with E-state index in [9.17, 15) is 0 Å². The van der Waals surface area contributed by atoms with Gasteiger partial charge in [-0.15, -0.1) is 5.10 Å². The Morgan fingerprint density at radius 3 is 2.95 bits per heavy atom. The van der Waals surface area contributed by atoms with Crippen LogP contribution in [-0.4, -0.2) is 50.8 Å². The van der Waals surface area contributed by atoms with E-state index < -0.39 is 0 Å². The fraction of sp³-hybridized carbons (Fsp3) is 0.929. The molecule has 1 fully saturated rings. The average Bonchev–Trinajstić information content (AvgIpc) is 2.98. The first kappa shape index (κ1) is 16.7. The number of nitrogens with zero attached hydrogens (tertiary/aromatic N) is 4.